The van der Waals surface area contributed by atoms with E-state index in [1.165, 1.54) is 0 Å². The van der Waals surface area contributed by atoms with Crippen LogP contribution in [0.2, 0.25) is 0 Å². The first-order valence-electron chi connectivity index (χ1n) is 12.0. The number of H-pyrrole nitrogens is 1. The maximum Gasteiger partial charge on any atom is 0.217 e. The highest BCUT2D eigenvalue weighted by molar-refractivity contribution is 5.78. The number of hydrogen-bond acceptors (Lipinski definition) is 7. The van der Waals surface area contributed by atoms with Crippen LogP contribution in [0.3, 0.4) is 0 Å². The van der Waals surface area contributed by atoms with E-state index in [4.69, 9.17) is 33.8 Å². The third-order valence-electron chi connectivity index (χ3n) is 5.81. The number of aliphatic hydroxyl groups excluding tert-OH is 1. The van der Waals surface area contributed by atoms with Crippen molar-refractivity contribution >= 4 is 0 Å². The van der Waals surface area contributed by atoms with Gasteiger partial charge in [0.1, 0.15) is 0 Å². The Hall–Kier alpha value is -2.59. The van der Waals surface area contributed by atoms with E-state index in [1.54, 1.807) is 0 Å². The summed E-state index contributed by atoms with van der Waals surface area (Å²) in [6, 6.07) is 20.1. The summed E-state index contributed by atoms with van der Waals surface area (Å²) >= 11 is 0. The smallest absolute Gasteiger partial charge is 0.217 e. The van der Waals surface area contributed by atoms with Gasteiger partial charge in [0.2, 0.25) is 6.29 Å². The Bertz CT molecular complexity index is 962. The molecule has 0 bridgehead atoms. The number of aromatic amines is 1. The van der Waals surface area contributed by atoms with Crippen molar-refractivity contribution in [1.82, 2.24) is 9.97 Å². The van der Waals surface area contributed by atoms with Crippen LogP contribution in [0.5, 0.6) is 0 Å². The van der Waals surface area contributed by atoms with Gasteiger partial charge in [-0.25, -0.2) is 4.98 Å². The molecule has 0 radical (unpaired) electrons. The van der Waals surface area contributed by atoms with Crippen molar-refractivity contribution in [2.45, 2.75) is 26.4 Å². The minimum absolute atomic E-state index is 0.0481. The molecule has 2 aromatic carbocycles. The Morgan fingerprint density at radius 2 is 1.66 bits per heavy atom. The monoisotopic (exact) mass is 482 g/mol. The lowest BCUT2D eigenvalue weighted by Gasteiger charge is -2.39. The van der Waals surface area contributed by atoms with Crippen molar-refractivity contribution in [2.24, 2.45) is 5.41 Å². The zero-order chi connectivity index (χ0) is 24.5. The van der Waals surface area contributed by atoms with Gasteiger partial charge in [0.25, 0.3) is 0 Å². The number of rotatable bonds is 12. The van der Waals surface area contributed by atoms with Gasteiger partial charge in [-0.05, 0) is 13.8 Å². The highest BCUT2D eigenvalue weighted by atomic mass is 16.7. The molecule has 1 aliphatic rings. The summed E-state index contributed by atoms with van der Waals surface area (Å²) in [5.74, 6) is 0.608. The lowest BCUT2D eigenvalue weighted by Crippen LogP contribution is -2.47. The fourth-order valence-corrected chi connectivity index (χ4v) is 4.01. The molecule has 0 spiro atoms. The third kappa shape index (κ3) is 6.55. The summed E-state index contributed by atoms with van der Waals surface area (Å²) in [5.41, 5.74) is 3.28. The van der Waals surface area contributed by atoms with E-state index in [2.05, 4.69) is 4.98 Å². The average molecular weight is 483 g/mol. The molecular formula is C27H34N2O6. The van der Waals surface area contributed by atoms with Crippen LogP contribution in [0.1, 0.15) is 26.0 Å². The molecule has 188 valence electrons. The Kier molecular flexibility index (Phi) is 9.03. The molecule has 2 heterocycles. The molecule has 2 N–H and O–H groups in total. The molecule has 3 aromatic rings. The molecule has 35 heavy (non-hydrogen) atoms. The van der Waals surface area contributed by atoms with Crippen molar-refractivity contribution in [3.63, 3.8) is 0 Å². The van der Waals surface area contributed by atoms with Crippen LogP contribution in [-0.2, 0) is 23.7 Å². The van der Waals surface area contributed by atoms with Gasteiger partial charge in [0, 0.05) is 17.7 Å². The van der Waals surface area contributed by atoms with Crippen molar-refractivity contribution in [3.05, 3.63) is 66.5 Å². The van der Waals surface area contributed by atoms with Crippen LogP contribution in [-0.4, -0.2) is 67.6 Å². The second-order valence-electron chi connectivity index (χ2n) is 8.64. The maximum absolute atomic E-state index is 9.12. The summed E-state index contributed by atoms with van der Waals surface area (Å²) in [5, 5.41) is 9.12. The first-order valence-corrected chi connectivity index (χ1v) is 12.0. The quantitative estimate of drug-likeness (QED) is 0.295. The molecule has 1 unspecified atom stereocenters. The fraction of sp³-hybridized carbons (Fsp3) is 0.444. The number of benzene rings is 2. The molecule has 1 atom stereocenters. The zero-order valence-electron chi connectivity index (χ0n) is 20.3. The number of aromatic nitrogens is 2. The SMILES string of the molecule is CCOC(C)OC[C@]1(COCCO)CO[C@H](c2nc(-c3ccccc3)c(-c3ccccc3)[nH]2)OC1. The van der Waals surface area contributed by atoms with Gasteiger partial charge in [-0.15, -0.1) is 0 Å². The predicted molar refractivity (Wildman–Crippen MR) is 131 cm³/mol. The van der Waals surface area contributed by atoms with E-state index in [0.29, 0.717) is 38.9 Å². The molecule has 1 fully saturated rings. The van der Waals surface area contributed by atoms with Crippen LogP contribution in [0.4, 0.5) is 0 Å². The Balaban J connectivity index is 1.52. The van der Waals surface area contributed by atoms with Gasteiger partial charge in [0.15, 0.2) is 12.1 Å². The molecule has 8 nitrogen and oxygen atoms in total. The third-order valence-corrected chi connectivity index (χ3v) is 5.81. The molecule has 8 heteroatoms. The van der Waals surface area contributed by atoms with Gasteiger partial charge in [-0.3, -0.25) is 0 Å². The normalized spacial score (nSPS) is 21.2. The molecule has 0 saturated carbocycles. The molecule has 1 aliphatic heterocycles. The largest absolute Gasteiger partial charge is 0.394 e. The average Bonchev–Trinajstić information content (AvgIpc) is 3.35. The van der Waals surface area contributed by atoms with Gasteiger partial charge in [0.05, 0.1) is 56.4 Å². The lowest BCUT2D eigenvalue weighted by molar-refractivity contribution is -0.267. The second kappa shape index (κ2) is 12.4. The van der Waals surface area contributed by atoms with E-state index in [0.717, 1.165) is 22.5 Å². The zero-order valence-corrected chi connectivity index (χ0v) is 20.3. The maximum atomic E-state index is 9.12. The number of hydrogen-bond donors (Lipinski definition) is 2. The molecule has 0 amide bonds. The van der Waals surface area contributed by atoms with Gasteiger partial charge in [-0.2, -0.15) is 0 Å². The predicted octanol–water partition coefficient (Wildman–Crippen LogP) is 4.18. The number of nitrogens with zero attached hydrogens (tertiary/aromatic N) is 1. The van der Waals surface area contributed by atoms with Crippen molar-refractivity contribution in [1.29, 1.82) is 0 Å². The summed E-state index contributed by atoms with van der Waals surface area (Å²) in [6.45, 7) is 5.92. The van der Waals surface area contributed by atoms with Crippen LogP contribution in [0.15, 0.2) is 60.7 Å². The topological polar surface area (TPSA) is 95.1 Å². The van der Waals surface area contributed by atoms with Crippen molar-refractivity contribution in [2.75, 3.05) is 46.2 Å². The number of imidazole rings is 1. The first-order chi connectivity index (χ1) is 17.1. The Labute approximate surface area is 206 Å². The van der Waals surface area contributed by atoms with Crippen LogP contribution in [0.25, 0.3) is 22.5 Å². The van der Waals surface area contributed by atoms with Crippen molar-refractivity contribution in [3.8, 4) is 22.5 Å². The fourth-order valence-electron chi connectivity index (χ4n) is 4.01. The van der Waals surface area contributed by atoms with Gasteiger partial charge < -0.3 is 33.8 Å². The number of ether oxygens (including phenoxy) is 5. The van der Waals surface area contributed by atoms with Crippen molar-refractivity contribution < 1.29 is 28.8 Å². The van der Waals surface area contributed by atoms with E-state index < -0.39 is 11.7 Å². The molecule has 1 saturated heterocycles. The molecular weight excluding hydrogens is 448 g/mol. The summed E-state index contributed by atoms with van der Waals surface area (Å²) in [6.07, 6.45) is -0.996. The molecule has 0 aliphatic carbocycles. The minimum atomic E-state index is -0.648. The Morgan fingerprint density at radius 3 is 2.29 bits per heavy atom. The van der Waals surface area contributed by atoms with E-state index in [-0.39, 0.29) is 19.5 Å². The minimum Gasteiger partial charge on any atom is -0.394 e. The summed E-state index contributed by atoms with van der Waals surface area (Å²) in [4.78, 5) is 8.32. The standard InChI is InChI=1S/C27H34N2O6/c1-3-32-20(2)33-17-27(16-31-15-14-30)18-34-26(35-19-27)25-28-23(21-10-6-4-7-11-21)24(29-25)22-12-8-5-9-13-22/h4-13,20,26,30H,3,14-19H2,1-2H3,(H,28,29)/t20?,26-,27+. The highest BCUT2D eigenvalue weighted by Crippen LogP contribution is 2.36. The summed E-state index contributed by atoms with van der Waals surface area (Å²) < 4.78 is 29.4. The second-order valence-corrected chi connectivity index (χ2v) is 8.64. The van der Waals surface area contributed by atoms with E-state index in [1.807, 2.05) is 74.5 Å². The lowest BCUT2D eigenvalue weighted by atomic mass is 9.91. The van der Waals surface area contributed by atoms with Crippen LogP contribution in [0, 0.1) is 5.41 Å². The van der Waals surface area contributed by atoms with Crippen LogP contribution >= 0.6 is 0 Å². The summed E-state index contributed by atoms with van der Waals surface area (Å²) in [7, 11) is 0. The van der Waals surface area contributed by atoms with E-state index >= 15 is 0 Å². The van der Waals surface area contributed by atoms with Gasteiger partial charge >= 0.3 is 0 Å². The van der Waals surface area contributed by atoms with Gasteiger partial charge in [-0.1, -0.05) is 60.7 Å². The number of nitrogens with one attached hydrogen (secondary N) is 1. The van der Waals surface area contributed by atoms with Crippen LogP contribution < -0.4 is 0 Å². The number of aliphatic hydroxyl groups is 1. The molecule has 4 rings (SSSR count). The Morgan fingerprint density at radius 1 is 1.00 bits per heavy atom. The molecule has 1 aromatic heterocycles. The highest BCUT2D eigenvalue weighted by Gasteiger charge is 2.40. The first kappa shape index (κ1) is 25.5. The van der Waals surface area contributed by atoms with E-state index in [9.17, 15) is 0 Å².